The summed E-state index contributed by atoms with van der Waals surface area (Å²) in [6, 6.07) is 16.8. The van der Waals surface area contributed by atoms with Crippen molar-refractivity contribution in [2.75, 3.05) is 36.5 Å². The topological polar surface area (TPSA) is 32.8 Å². The number of esters is 1. The van der Waals surface area contributed by atoms with Crippen LogP contribution in [0, 0.1) is 5.82 Å². The molecule has 0 aromatic heterocycles. The van der Waals surface area contributed by atoms with Gasteiger partial charge in [-0.3, -0.25) is 4.79 Å². The number of aryl methyl sites for hydroxylation is 1. The number of benzene rings is 3. The van der Waals surface area contributed by atoms with Gasteiger partial charge in [0.15, 0.2) is 0 Å². The monoisotopic (exact) mass is 542 g/mol. The highest BCUT2D eigenvalue weighted by molar-refractivity contribution is 5.69. The van der Waals surface area contributed by atoms with Crippen LogP contribution in [0.1, 0.15) is 47.6 Å². The molecule has 0 aliphatic carbocycles. The lowest BCUT2D eigenvalue weighted by atomic mass is 9.95. The molecule has 3 aromatic rings. The molecule has 0 radical (unpaired) electrons. The first-order chi connectivity index (χ1) is 18.7. The minimum absolute atomic E-state index is 0.139. The van der Waals surface area contributed by atoms with Gasteiger partial charge in [-0.2, -0.15) is 13.2 Å². The summed E-state index contributed by atoms with van der Waals surface area (Å²) in [7, 11) is 1.92. The SMILES string of the molecule is CCOC(=O)CCc1ccc(N(C)Cc2cccc3c2CCCN3CCc2cccc(C(F)(F)F)c2)cc1F. The standard InChI is InChI=1S/C31H34F4N2O2/c1-3-39-30(38)15-13-23-12-14-26(20-28(23)32)36(2)21-24-8-5-11-29-27(24)10-6-17-37(29)18-16-22-7-4-9-25(19-22)31(33,34)35/h4-5,7-9,11-12,14,19-20H,3,6,10,13,15-18,21H2,1-2H3. The van der Waals surface area contributed by atoms with Crippen molar-refractivity contribution < 1.29 is 27.1 Å². The molecule has 0 fully saturated rings. The van der Waals surface area contributed by atoms with Crippen LogP contribution in [0.25, 0.3) is 0 Å². The van der Waals surface area contributed by atoms with Crippen LogP contribution in [0.4, 0.5) is 28.9 Å². The van der Waals surface area contributed by atoms with Crippen molar-refractivity contribution >= 4 is 17.3 Å². The zero-order valence-corrected chi connectivity index (χ0v) is 22.4. The summed E-state index contributed by atoms with van der Waals surface area (Å²) in [4.78, 5) is 15.9. The number of halogens is 4. The quantitative estimate of drug-likeness (QED) is 0.205. The predicted octanol–water partition coefficient (Wildman–Crippen LogP) is 6.97. The molecule has 0 N–H and O–H groups in total. The lowest BCUT2D eigenvalue weighted by Crippen LogP contribution is -2.32. The molecule has 4 rings (SSSR count). The highest BCUT2D eigenvalue weighted by Crippen LogP contribution is 2.33. The number of alkyl halides is 3. The lowest BCUT2D eigenvalue weighted by Gasteiger charge is -2.33. The summed E-state index contributed by atoms with van der Waals surface area (Å²) >= 11 is 0. The van der Waals surface area contributed by atoms with E-state index in [1.54, 1.807) is 19.1 Å². The molecule has 1 aliphatic heterocycles. The number of hydrogen-bond donors (Lipinski definition) is 0. The van der Waals surface area contributed by atoms with Crippen LogP contribution < -0.4 is 9.80 Å². The van der Waals surface area contributed by atoms with Crippen molar-refractivity contribution in [1.29, 1.82) is 0 Å². The number of fused-ring (bicyclic) bond motifs is 1. The van der Waals surface area contributed by atoms with E-state index in [4.69, 9.17) is 4.74 Å². The van der Waals surface area contributed by atoms with Crippen LogP contribution >= 0.6 is 0 Å². The molecule has 0 spiro atoms. The Morgan fingerprint density at radius 2 is 1.82 bits per heavy atom. The van der Waals surface area contributed by atoms with E-state index >= 15 is 0 Å². The first kappa shape index (κ1) is 28.5. The second kappa shape index (κ2) is 12.5. The number of hydrogen-bond acceptors (Lipinski definition) is 4. The van der Waals surface area contributed by atoms with Gasteiger partial charge in [0.25, 0.3) is 0 Å². The van der Waals surface area contributed by atoms with E-state index < -0.39 is 11.7 Å². The maximum atomic E-state index is 14.8. The summed E-state index contributed by atoms with van der Waals surface area (Å²) < 4.78 is 59.0. The van der Waals surface area contributed by atoms with Gasteiger partial charge in [0.1, 0.15) is 5.82 Å². The van der Waals surface area contributed by atoms with Gasteiger partial charge in [-0.1, -0.05) is 36.4 Å². The molecule has 0 unspecified atom stereocenters. The van der Waals surface area contributed by atoms with Gasteiger partial charge in [-0.05, 0) is 79.1 Å². The predicted molar refractivity (Wildman–Crippen MR) is 146 cm³/mol. The van der Waals surface area contributed by atoms with Crippen molar-refractivity contribution in [2.45, 2.75) is 51.7 Å². The number of anilines is 2. The Morgan fingerprint density at radius 3 is 2.56 bits per heavy atom. The first-order valence-electron chi connectivity index (χ1n) is 13.3. The molecule has 0 amide bonds. The summed E-state index contributed by atoms with van der Waals surface area (Å²) in [6.45, 7) is 4.12. The molecule has 0 saturated carbocycles. The molecule has 8 heteroatoms. The van der Waals surface area contributed by atoms with E-state index in [0.717, 1.165) is 42.4 Å². The van der Waals surface area contributed by atoms with Gasteiger partial charge in [0, 0.05) is 44.5 Å². The van der Waals surface area contributed by atoms with Crippen LogP contribution in [0.3, 0.4) is 0 Å². The van der Waals surface area contributed by atoms with Gasteiger partial charge >= 0.3 is 12.1 Å². The van der Waals surface area contributed by atoms with Gasteiger partial charge < -0.3 is 14.5 Å². The Labute approximate surface area is 227 Å². The average Bonchev–Trinajstić information content (AvgIpc) is 2.91. The third-order valence-corrected chi connectivity index (χ3v) is 7.16. The molecular weight excluding hydrogens is 508 g/mol. The lowest BCUT2D eigenvalue weighted by molar-refractivity contribution is -0.143. The van der Waals surface area contributed by atoms with Crippen LogP contribution in [-0.2, 0) is 41.5 Å². The molecule has 0 saturated heterocycles. The highest BCUT2D eigenvalue weighted by atomic mass is 19.4. The zero-order chi connectivity index (χ0) is 28.0. The fourth-order valence-corrected chi connectivity index (χ4v) is 5.11. The molecule has 3 aromatic carbocycles. The smallest absolute Gasteiger partial charge is 0.416 e. The number of ether oxygens (including phenoxy) is 1. The maximum absolute atomic E-state index is 14.8. The molecule has 208 valence electrons. The average molecular weight is 543 g/mol. The second-order valence-corrected chi connectivity index (χ2v) is 9.89. The molecule has 4 nitrogen and oxygen atoms in total. The van der Waals surface area contributed by atoms with Crippen LogP contribution in [0.2, 0.25) is 0 Å². The number of rotatable bonds is 10. The van der Waals surface area contributed by atoms with E-state index in [0.29, 0.717) is 37.2 Å². The van der Waals surface area contributed by atoms with Crippen LogP contribution in [-0.4, -0.2) is 32.7 Å². The number of carbonyl (C=O) groups excluding carboxylic acids is 1. The largest absolute Gasteiger partial charge is 0.466 e. The van der Waals surface area contributed by atoms with E-state index in [9.17, 15) is 22.4 Å². The molecule has 1 aliphatic rings. The number of nitrogens with zero attached hydrogens (tertiary/aromatic N) is 2. The summed E-state index contributed by atoms with van der Waals surface area (Å²) in [5.41, 5.74) is 4.75. The van der Waals surface area contributed by atoms with E-state index in [-0.39, 0.29) is 24.6 Å². The first-order valence-corrected chi connectivity index (χ1v) is 13.3. The van der Waals surface area contributed by atoms with Crippen molar-refractivity contribution in [3.8, 4) is 0 Å². The maximum Gasteiger partial charge on any atom is 0.416 e. The van der Waals surface area contributed by atoms with Crippen LogP contribution in [0.5, 0.6) is 0 Å². The molecule has 39 heavy (non-hydrogen) atoms. The van der Waals surface area contributed by atoms with Crippen molar-refractivity contribution in [3.05, 3.63) is 94.3 Å². The zero-order valence-electron chi connectivity index (χ0n) is 22.4. The van der Waals surface area contributed by atoms with Crippen molar-refractivity contribution in [2.24, 2.45) is 0 Å². The molecular formula is C31H34F4N2O2. The Kier molecular flexibility index (Phi) is 9.15. The fourth-order valence-electron chi connectivity index (χ4n) is 5.11. The van der Waals surface area contributed by atoms with Crippen LogP contribution in [0.15, 0.2) is 60.7 Å². The van der Waals surface area contributed by atoms with E-state index in [2.05, 4.69) is 17.0 Å². The Hall–Kier alpha value is -3.55. The normalized spacial score (nSPS) is 13.2. The van der Waals surface area contributed by atoms with Crippen molar-refractivity contribution in [1.82, 2.24) is 0 Å². The fraction of sp³-hybridized carbons (Fsp3) is 0.387. The molecule has 1 heterocycles. The van der Waals surface area contributed by atoms with Gasteiger partial charge in [-0.15, -0.1) is 0 Å². The van der Waals surface area contributed by atoms with E-state index in [1.165, 1.54) is 23.8 Å². The van der Waals surface area contributed by atoms with Crippen molar-refractivity contribution in [3.63, 3.8) is 0 Å². The van der Waals surface area contributed by atoms with E-state index in [1.807, 2.05) is 24.1 Å². The third kappa shape index (κ3) is 7.31. The molecule has 0 bridgehead atoms. The second-order valence-electron chi connectivity index (χ2n) is 9.89. The summed E-state index contributed by atoms with van der Waals surface area (Å²) in [6.07, 6.45) is -1.52. The summed E-state index contributed by atoms with van der Waals surface area (Å²) in [5, 5.41) is 0. The molecule has 0 atom stereocenters. The highest BCUT2D eigenvalue weighted by Gasteiger charge is 2.30. The Bertz CT molecular complexity index is 1290. The Morgan fingerprint density at radius 1 is 1.03 bits per heavy atom. The Balaban J connectivity index is 1.43. The van der Waals surface area contributed by atoms with Gasteiger partial charge in [-0.25, -0.2) is 4.39 Å². The number of carbonyl (C=O) groups is 1. The van der Waals surface area contributed by atoms with Gasteiger partial charge in [0.2, 0.25) is 0 Å². The minimum Gasteiger partial charge on any atom is -0.466 e. The minimum atomic E-state index is -4.35. The third-order valence-electron chi connectivity index (χ3n) is 7.16. The summed E-state index contributed by atoms with van der Waals surface area (Å²) in [5.74, 6) is -0.685. The van der Waals surface area contributed by atoms with Gasteiger partial charge in [0.05, 0.1) is 12.2 Å².